The third kappa shape index (κ3) is 2.88. The molecule has 4 heteroatoms. The van der Waals surface area contributed by atoms with Crippen molar-refractivity contribution < 1.29 is 9.13 Å². The number of rotatable bonds is 3. The summed E-state index contributed by atoms with van der Waals surface area (Å²) < 4.78 is 17.4. The molecule has 0 amide bonds. The molecule has 0 saturated carbocycles. The molecule has 0 aliphatic heterocycles. The topological polar surface area (TPSA) is 22.1 Å². The summed E-state index contributed by atoms with van der Waals surface area (Å²) >= 11 is 5.26. The third-order valence-electron chi connectivity index (χ3n) is 1.14. The van der Waals surface area contributed by atoms with Crippen LogP contribution in [0.15, 0.2) is 29.9 Å². The van der Waals surface area contributed by atoms with E-state index in [2.05, 4.69) is 4.98 Å². The second kappa shape index (κ2) is 4.72. The second-order valence-electron chi connectivity index (χ2n) is 1.99. The summed E-state index contributed by atoms with van der Waals surface area (Å²) in [5.74, 6) is 0.00130. The van der Waals surface area contributed by atoms with E-state index >= 15 is 0 Å². The number of nitrogens with zero attached hydrogens (tertiary/aromatic N) is 1. The number of halogens is 2. The predicted octanol–water partition coefficient (Wildman–Crippen LogP) is 2.35. The summed E-state index contributed by atoms with van der Waals surface area (Å²) in [5, 5.41) is 0. The summed E-state index contributed by atoms with van der Waals surface area (Å²) in [4.78, 5) is 3.41. The van der Waals surface area contributed by atoms with Crippen molar-refractivity contribution in [1.82, 2.24) is 4.98 Å². The van der Waals surface area contributed by atoms with Gasteiger partial charge in [-0.25, -0.2) is 4.98 Å². The molecule has 1 aromatic rings. The molecular weight excluding hydrogens is 181 g/mol. The summed E-state index contributed by atoms with van der Waals surface area (Å²) in [6.07, 6.45) is 2.95. The van der Waals surface area contributed by atoms with Crippen LogP contribution >= 0.6 is 11.6 Å². The summed E-state index contributed by atoms with van der Waals surface area (Å²) in [6, 6.07) is 2.74. The standard InChI is InChI=1S/C8H7ClFNO/c9-4-1-5-12-7-2-3-8(10)11-6-7/h1-4,6H,5H2/b4-1+. The summed E-state index contributed by atoms with van der Waals surface area (Å²) in [7, 11) is 0. The largest absolute Gasteiger partial charge is 0.488 e. The van der Waals surface area contributed by atoms with Crippen molar-refractivity contribution in [1.29, 1.82) is 0 Å². The van der Waals surface area contributed by atoms with Gasteiger partial charge >= 0.3 is 0 Å². The smallest absolute Gasteiger partial charge is 0.213 e. The molecule has 64 valence electrons. The highest BCUT2D eigenvalue weighted by atomic mass is 35.5. The van der Waals surface area contributed by atoms with Gasteiger partial charge in [-0.1, -0.05) is 11.6 Å². The van der Waals surface area contributed by atoms with Gasteiger partial charge in [0.2, 0.25) is 5.95 Å². The van der Waals surface area contributed by atoms with Gasteiger partial charge in [0, 0.05) is 5.54 Å². The maximum atomic E-state index is 12.3. The number of pyridine rings is 1. The molecule has 0 radical (unpaired) electrons. The van der Waals surface area contributed by atoms with Crippen LogP contribution < -0.4 is 4.74 Å². The Bertz CT molecular complexity index is 260. The van der Waals surface area contributed by atoms with E-state index in [1.807, 2.05) is 0 Å². The van der Waals surface area contributed by atoms with Crippen molar-refractivity contribution in [2.45, 2.75) is 0 Å². The third-order valence-corrected chi connectivity index (χ3v) is 1.31. The molecular formula is C8H7ClFNO. The minimum Gasteiger partial charge on any atom is -0.488 e. The molecule has 1 aromatic heterocycles. The first kappa shape index (κ1) is 9.00. The highest BCUT2D eigenvalue weighted by Crippen LogP contribution is 2.07. The first-order valence-corrected chi connectivity index (χ1v) is 3.76. The lowest BCUT2D eigenvalue weighted by Crippen LogP contribution is -1.93. The molecule has 0 saturated heterocycles. The van der Waals surface area contributed by atoms with Crippen molar-refractivity contribution in [3.05, 3.63) is 35.9 Å². The lowest BCUT2D eigenvalue weighted by Gasteiger charge is -2.00. The quantitative estimate of drug-likeness (QED) is 0.678. The van der Waals surface area contributed by atoms with E-state index in [4.69, 9.17) is 16.3 Å². The fourth-order valence-corrected chi connectivity index (χ4v) is 0.701. The Labute approximate surface area is 74.6 Å². The number of ether oxygens (including phenoxy) is 1. The lowest BCUT2D eigenvalue weighted by molar-refractivity contribution is 0.360. The van der Waals surface area contributed by atoms with E-state index < -0.39 is 5.95 Å². The van der Waals surface area contributed by atoms with Crippen LogP contribution in [0.5, 0.6) is 5.75 Å². The zero-order valence-electron chi connectivity index (χ0n) is 6.21. The minimum atomic E-state index is -0.518. The van der Waals surface area contributed by atoms with Gasteiger partial charge in [-0.3, -0.25) is 0 Å². The van der Waals surface area contributed by atoms with E-state index in [0.29, 0.717) is 12.4 Å². The molecule has 0 aromatic carbocycles. The van der Waals surface area contributed by atoms with Crippen LogP contribution in [0, 0.1) is 5.95 Å². The second-order valence-corrected chi connectivity index (χ2v) is 2.24. The molecule has 2 nitrogen and oxygen atoms in total. The first-order chi connectivity index (χ1) is 5.83. The molecule has 0 spiro atoms. The van der Waals surface area contributed by atoms with Crippen molar-refractivity contribution in [2.75, 3.05) is 6.61 Å². The van der Waals surface area contributed by atoms with Gasteiger partial charge in [0.15, 0.2) is 0 Å². The van der Waals surface area contributed by atoms with E-state index in [0.717, 1.165) is 0 Å². The van der Waals surface area contributed by atoms with Crippen LogP contribution in [0.2, 0.25) is 0 Å². The predicted molar refractivity (Wildman–Crippen MR) is 44.7 cm³/mol. The molecule has 0 aliphatic carbocycles. The number of hydrogen-bond donors (Lipinski definition) is 0. The van der Waals surface area contributed by atoms with Gasteiger partial charge in [0.25, 0.3) is 0 Å². The Morgan fingerprint density at radius 2 is 2.42 bits per heavy atom. The van der Waals surface area contributed by atoms with Gasteiger partial charge in [-0.15, -0.1) is 0 Å². The molecule has 0 atom stereocenters. The molecule has 1 rings (SSSR count). The van der Waals surface area contributed by atoms with Crippen LogP contribution in [0.25, 0.3) is 0 Å². The summed E-state index contributed by atoms with van der Waals surface area (Å²) in [6.45, 7) is 0.358. The lowest BCUT2D eigenvalue weighted by atomic mass is 10.4. The van der Waals surface area contributed by atoms with Gasteiger partial charge in [-0.05, 0) is 18.2 Å². The van der Waals surface area contributed by atoms with Gasteiger partial charge in [-0.2, -0.15) is 4.39 Å². The van der Waals surface area contributed by atoms with Gasteiger partial charge in [0.1, 0.15) is 12.4 Å². The van der Waals surface area contributed by atoms with Crippen LogP contribution in [-0.2, 0) is 0 Å². The van der Waals surface area contributed by atoms with Gasteiger partial charge in [0.05, 0.1) is 6.20 Å². The maximum absolute atomic E-state index is 12.3. The Balaban J connectivity index is 2.47. The number of hydrogen-bond acceptors (Lipinski definition) is 2. The van der Waals surface area contributed by atoms with E-state index in [9.17, 15) is 4.39 Å². The van der Waals surface area contributed by atoms with E-state index in [1.165, 1.54) is 23.9 Å². The van der Waals surface area contributed by atoms with E-state index in [1.54, 1.807) is 6.08 Å². The zero-order chi connectivity index (χ0) is 8.81. The van der Waals surface area contributed by atoms with Crippen LogP contribution in [0.3, 0.4) is 0 Å². The molecule has 0 fully saturated rings. The summed E-state index contributed by atoms with van der Waals surface area (Å²) in [5.41, 5.74) is 1.36. The molecule has 0 bridgehead atoms. The maximum Gasteiger partial charge on any atom is 0.213 e. The molecule has 0 aliphatic rings. The first-order valence-electron chi connectivity index (χ1n) is 3.32. The number of aromatic nitrogens is 1. The van der Waals surface area contributed by atoms with Crippen LogP contribution in [0.1, 0.15) is 0 Å². The Hall–Kier alpha value is -1.09. The SMILES string of the molecule is Fc1ccc(OC/C=C/Cl)cn1. The zero-order valence-corrected chi connectivity index (χ0v) is 6.96. The minimum absolute atomic E-state index is 0.358. The van der Waals surface area contributed by atoms with Crippen LogP contribution in [0.4, 0.5) is 4.39 Å². The Morgan fingerprint density at radius 1 is 1.58 bits per heavy atom. The fraction of sp³-hybridized carbons (Fsp3) is 0.125. The average molecular weight is 188 g/mol. The van der Waals surface area contributed by atoms with Crippen molar-refractivity contribution in [3.8, 4) is 5.75 Å². The molecule has 1 heterocycles. The molecule has 12 heavy (non-hydrogen) atoms. The molecule has 0 unspecified atom stereocenters. The van der Waals surface area contributed by atoms with Crippen molar-refractivity contribution >= 4 is 11.6 Å². The van der Waals surface area contributed by atoms with E-state index in [-0.39, 0.29) is 0 Å². The highest BCUT2D eigenvalue weighted by molar-refractivity contribution is 6.25. The van der Waals surface area contributed by atoms with Gasteiger partial charge < -0.3 is 4.74 Å². The monoisotopic (exact) mass is 187 g/mol. The fourth-order valence-electron chi connectivity index (χ4n) is 0.628. The Morgan fingerprint density at radius 3 is 3.00 bits per heavy atom. The molecule has 0 N–H and O–H groups in total. The van der Waals surface area contributed by atoms with Crippen molar-refractivity contribution in [2.24, 2.45) is 0 Å². The van der Waals surface area contributed by atoms with Crippen molar-refractivity contribution in [3.63, 3.8) is 0 Å². The highest BCUT2D eigenvalue weighted by Gasteiger charge is 1.92. The average Bonchev–Trinajstić information content (AvgIpc) is 2.09. The normalized spacial score (nSPS) is 10.5. The Kier molecular flexibility index (Phi) is 3.54. The van der Waals surface area contributed by atoms with Crippen LogP contribution in [-0.4, -0.2) is 11.6 Å².